The number of hydrogen-bond acceptors (Lipinski definition) is 3. The summed E-state index contributed by atoms with van der Waals surface area (Å²) < 4.78 is 0. The molecule has 1 aromatic heterocycles. The number of pyridine rings is 1. The van der Waals surface area contributed by atoms with E-state index in [2.05, 4.69) is 24.1 Å². The molecule has 0 unspecified atom stereocenters. The lowest BCUT2D eigenvalue weighted by Gasteiger charge is -2.38. The number of nitrogens with zero attached hydrogens (tertiary/aromatic N) is 1. The Morgan fingerprint density at radius 3 is 2.54 bits per heavy atom. The van der Waals surface area contributed by atoms with Gasteiger partial charge in [-0.2, -0.15) is 0 Å². The first-order chi connectivity index (χ1) is 11.3. The minimum atomic E-state index is -0.615. The van der Waals surface area contributed by atoms with Crippen molar-refractivity contribution >= 4 is 28.3 Å². The van der Waals surface area contributed by atoms with Crippen LogP contribution in [0.2, 0.25) is 0 Å². The van der Waals surface area contributed by atoms with Crippen LogP contribution in [0.25, 0.3) is 10.9 Å². The fourth-order valence-corrected chi connectivity index (χ4v) is 4.81. The normalized spacial score (nSPS) is 30.7. The third-order valence-electron chi connectivity index (χ3n) is 7.02. The Hall–Kier alpha value is -2.23. The molecule has 0 spiro atoms. The number of carbonyl (C=O) groups excluding carboxylic acids is 2. The van der Waals surface area contributed by atoms with Crippen LogP contribution in [-0.2, 0) is 9.59 Å². The molecule has 2 aliphatic rings. The molecule has 24 heavy (non-hydrogen) atoms. The van der Waals surface area contributed by atoms with Crippen molar-refractivity contribution in [3.63, 3.8) is 0 Å². The summed E-state index contributed by atoms with van der Waals surface area (Å²) in [6, 6.07) is 9.63. The Kier molecular flexibility index (Phi) is 2.97. The third kappa shape index (κ3) is 1.66. The van der Waals surface area contributed by atoms with Crippen molar-refractivity contribution in [2.45, 2.75) is 40.0 Å². The minimum Gasteiger partial charge on any atom is -0.324 e. The summed E-state index contributed by atoms with van der Waals surface area (Å²) in [4.78, 5) is 30.2. The maximum absolute atomic E-state index is 13.3. The standard InChI is InChI=1S/C20H22N2O2/c1-18(2)19(3)9-10-20(18,12-15(19)23)17(24)22-14-8-4-6-13-7-5-11-21-16(13)14/h4-8,11H,9-10,12H2,1-3H3,(H,22,24)/t19-,20-/m0/s1. The van der Waals surface area contributed by atoms with Crippen LogP contribution in [0.4, 0.5) is 5.69 Å². The average Bonchev–Trinajstić information content (AvgIpc) is 2.85. The highest BCUT2D eigenvalue weighted by Crippen LogP contribution is 2.70. The minimum absolute atomic E-state index is 0.0415. The second-order valence-electron chi connectivity index (χ2n) is 7.97. The molecule has 0 aliphatic heterocycles. The zero-order chi connectivity index (χ0) is 17.2. The van der Waals surface area contributed by atoms with E-state index in [-0.39, 0.29) is 22.5 Å². The Bertz CT molecular complexity index is 868. The highest BCUT2D eigenvalue weighted by molar-refractivity contribution is 6.07. The first-order valence-corrected chi connectivity index (χ1v) is 8.50. The molecule has 4 heteroatoms. The average molecular weight is 322 g/mol. The smallest absolute Gasteiger partial charge is 0.231 e. The molecule has 1 N–H and O–H groups in total. The third-order valence-corrected chi connectivity index (χ3v) is 7.02. The number of carbonyl (C=O) groups is 2. The van der Waals surface area contributed by atoms with Gasteiger partial charge in [0.25, 0.3) is 0 Å². The molecule has 1 heterocycles. The van der Waals surface area contributed by atoms with E-state index in [9.17, 15) is 9.59 Å². The molecule has 4 rings (SSSR count). The Balaban J connectivity index is 1.74. The summed E-state index contributed by atoms with van der Waals surface area (Å²) in [5.74, 6) is 0.185. The van der Waals surface area contributed by atoms with Gasteiger partial charge in [-0.05, 0) is 30.4 Å². The maximum Gasteiger partial charge on any atom is 0.231 e. The number of nitrogens with one attached hydrogen (secondary N) is 1. The number of anilines is 1. The number of aromatic nitrogens is 1. The van der Waals surface area contributed by atoms with Gasteiger partial charge in [0.05, 0.1) is 16.6 Å². The predicted molar refractivity (Wildman–Crippen MR) is 93.6 cm³/mol. The molecular weight excluding hydrogens is 300 g/mol. The van der Waals surface area contributed by atoms with E-state index in [0.717, 1.165) is 29.4 Å². The predicted octanol–water partition coefficient (Wildman–Crippen LogP) is 3.96. The molecule has 1 aromatic carbocycles. The summed E-state index contributed by atoms with van der Waals surface area (Å²) in [7, 11) is 0. The highest BCUT2D eigenvalue weighted by atomic mass is 16.2. The lowest BCUT2D eigenvalue weighted by atomic mass is 9.64. The van der Waals surface area contributed by atoms with Gasteiger partial charge in [-0.1, -0.05) is 39.0 Å². The van der Waals surface area contributed by atoms with E-state index < -0.39 is 5.41 Å². The van der Waals surface area contributed by atoms with Gasteiger partial charge >= 0.3 is 0 Å². The van der Waals surface area contributed by atoms with Crippen LogP contribution in [0.3, 0.4) is 0 Å². The number of para-hydroxylation sites is 1. The van der Waals surface area contributed by atoms with Crippen LogP contribution in [0.15, 0.2) is 36.5 Å². The molecule has 1 amide bonds. The Morgan fingerprint density at radius 2 is 1.88 bits per heavy atom. The molecule has 2 saturated carbocycles. The number of ketones is 1. The quantitative estimate of drug-likeness (QED) is 0.910. The van der Waals surface area contributed by atoms with Crippen molar-refractivity contribution in [3.8, 4) is 0 Å². The topological polar surface area (TPSA) is 59.1 Å². The van der Waals surface area contributed by atoms with Gasteiger partial charge in [-0.25, -0.2) is 0 Å². The molecule has 0 radical (unpaired) electrons. The zero-order valence-corrected chi connectivity index (χ0v) is 14.3. The second-order valence-corrected chi connectivity index (χ2v) is 7.97. The van der Waals surface area contributed by atoms with E-state index >= 15 is 0 Å². The first kappa shape index (κ1) is 15.3. The molecular formula is C20H22N2O2. The van der Waals surface area contributed by atoms with Crippen molar-refractivity contribution < 1.29 is 9.59 Å². The summed E-state index contributed by atoms with van der Waals surface area (Å²) in [6.45, 7) is 6.18. The number of Topliss-reactive ketones (excluding diaryl/α,β-unsaturated/α-hetero) is 1. The lowest BCUT2D eigenvalue weighted by molar-refractivity contribution is -0.131. The maximum atomic E-state index is 13.3. The molecule has 2 aliphatic carbocycles. The monoisotopic (exact) mass is 322 g/mol. The largest absolute Gasteiger partial charge is 0.324 e. The molecule has 4 nitrogen and oxygen atoms in total. The summed E-state index contributed by atoms with van der Waals surface area (Å²) in [5.41, 5.74) is 0.167. The molecule has 2 fully saturated rings. The van der Waals surface area contributed by atoms with Gasteiger partial charge < -0.3 is 5.32 Å². The first-order valence-electron chi connectivity index (χ1n) is 8.50. The fourth-order valence-electron chi connectivity index (χ4n) is 4.81. The Morgan fingerprint density at radius 1 is 1.12 bits per heavy atom. The number of hydrogen-bond donors (Lipinski definition) is 1. The molecule has 0 saturated heterocycles. The van der Waals surface area contributed by atoms with Crippen molar-refractivity contribution in [1.29, 1.82) is 0 Å². The fraction of sp³-hybridized carbons (Fsp3) is 0.450. The highest BCUT2D eigenvalue weighted by Gasteiger charge is 2.72. The van der Waals surface area contributed by atoms with Gasteiger partial charge in [0, 0.05) is 23.4 Å². The molecule has 2 bridgehead atoms. The SMILES string of the molecule is CC1(C)[C@@]2(C(=O)Nc3cccc4cccnc34)CC[C@@]1(C)C(=O)C2. The molecule has 124 valence electrons. The van der Waals surface area contributed by atoms with Crippen molar-refractivity contribution in [2.75, 3.05) is 5.32 Å². The lowest BCUT2D eigenvalue weighted by Crippen LogP contribution is -2.43. The van der Waals surface area contributed by atoms with Crippen LogP contribution >= 0.6 is 0 Å². The zero-order valence-electron chi connectivity index (χ0n) is 14.3. The van der Waals surface area contributed by atoms with Crippen LogP contribution in [0.1, 0.15) is 40.0 Å². The number of rotatable bonds is 2. The Labute approximate surface area is 141 Å². The van der Waals surface area contributed by atoms with E-state index in [1.807, 2.05) is 37.3 Å². The van der Waals surface area contributed by atoms with Crippen molar-refractivity contribution in [2.24, 2.45) is 16.2 Å². The summed E-state index contributed by atoms with van der Waals surface area (Å²) in [6.07, 6.45) is 3.64. The van der Waals surface area contributed by atoms with Crippen LogP contribution in [-0.4, -0.2) is 16.7 Å². The van der Waals surface area contributed by atoms with Crippen LogP contribution < -0.4 is 5.32 Å². The molecule has 2 atom stereocenters. The van der Waals surface area contributed by atoms with Gasteiger partial charge in [0.1, 0.15) is 5.78 Å². The van der Waals surface area contributed by atoms with E-state index in [1.54, 1.807) is 6.20 Å². The molecule has 2 aromatic rings. The van der Waals surface area contributed by atoms with E-state index in [0.29, 0.717) is 6.42 Å². The van der Waals surface area contributed by atoms with E-state index in [4.69, 9.17) is 0 Å². The van der Waals surface area contributed by atoms with Crippen molar-refractivity contribution in [3.05, 3.63) is 36.5 Å². The number of amides is 1. The van der Waals surface area contributed by atoms with Crippen LogP contribution in [0, 0.1) is 16.2 Å². The van der Waals surface area contributed by atoms with Crippen molar-refractivity contribution in [1.82, 2.24) is 4.98 Å². The second kappa shape index (κ2) is 4.65. The van der Waals surface area contributed by atoms with E-state index in [1.165, 1.54) is 0 Å². The van der Waals surface area contributed by atoms with Gasteiger partial charge in [-0.3, -0.25) is 14.6 Å². The van der Waals surface area contributed by atoms with Crippen LogP contribution in [0.5, 0.6) is 0 Å². The van der Waals surface area contributed by atoms with Gasteiger partial charge in [0.15, 0.2) is 0 Å². The number of fused-ring (bicyclic) bond motifs is 3. The van der Waals surface area contributed by atoms with Gasteiger partial charge in [0.2, 0.25) is 5.91 Å². The van der Waals surface area contributed by atoms with Gasteiger partial charge in [-0.15, -0.1) is 0 Å². The summed E-state index contributed by atoms with van der Waals surface area (Å²) in [5, 5.41) is 4.08. The number of benzene rings is 1. The summed E-state index contributed by atoms with van der Waals surface area (Å²) >= 11 is 0.